The van der Waals surface area contributed by atoms with E-state index in [2.05, 4.69) is 15.0 Å². The van der Waals surface area contributed by atoms with E-state index in [1.807, 2.05) is 0 Å². The Morgan fingerprint density at radius 3 is 2.55 bits per heavy atom. The van der Waals surface area contributed by atoms with Gasteiger partial charge in [0.25, 0.3) is 0 Å². The van der Waals surface area contributed by atoms with Crippen LogP contribution in [0.4, 0.5) is 9.70 Å². The van der Waals surface area contributed by atoms with Crippen LogP contribution >= 0.6 is 7.82 Å². The molecule has 1 fully saturated rings. The van der Waals surface area contributed by atoms with Gasteiger partial charge in [-0.25, -0.2) is 19.5 Å². The number of phosphoric ester groups is 1. The molecule has 0 amide bonds. The number of nitrogen functional groups attached to an aromatic ring is 1. The standard InChI is InChI=1S/C16H17FN5O9PS/c17-33(27,28)9-3-1-8(2-4-9)31-32(25,26)29-5-10-12(23)13(24)16(30-10)22-7-21-11-14(18)19-6-20-15(11)22/h1-4,6-7,10,12-13,16,23-24H,5H2,(H,25,26)(H2,18,19,20)/t10-,12-,13-,16-/m1/s1. The van der Waals surface area contributed by atoms with Crippen LogP contribution in [-0.4, -0.2) is 68.0 Å². The number of hydrogen-bond acceptors (Lipinski definition) is 12. The Morgan fingerprint density at radius 1 is 1.18 bits per heavy atom. The summed E-state index contributed by atoms with van der Waals surface area (Å²) in [6.45, 7) is -0.663. The summed E-state index contributed by atoms with van der Waals surface area (Å²) in [5, 5.41) is 20.7. The minimum atomic E-state index is -4.94. The SMILES string of the molecule is Nc1ncnc2c1ncn2[C@@H]1O[C@H](COP(=O)(O)Oc2ccc(S(=O)(=O)F)cc2)[C@@H](O)[C@H]1O. The van der Waals surface area contributed by atoms with E-state index in [0.717, 1.165) is 24.3 Å². The zero-order valence-corrected chi connectivity index (χ0v) is 18.1. The zero-order valence-electron chi connectivity index (χ0n) is 16.4. The van der Waals surface area contributed by atoms with Gasteiger partial charge in [-0.1, -0.05) is 0 Å². The highest BCUT2D eigenvalue weighted by atomic mass is 32.3. The van der Waals surface area contributed by atoms with E-state index < -0.39 is 54.1 Å². The molecule has 178 valence electrons. The van der Waals surface area contributed by atoms with Crippen molar-refractivity contribution in [1.29, 1.82) is 0 Å². The predicted molar refractivity (Wildman–Crippen MR) is 107 cm³/mol. The maximum Gasteiger partial charge on any atom is 0.527 e. The number of benzene rings is 1. The van der Waals surface area contributed by atoms with E-state index in [9.17, 15) is 32.0 Å². The Kier molecular flexibility index (Phi) is 6.09. The molecule has 1 unspecified atom stereocenters. The number of phosphoric acid groups is 1. The van der Waals surface area contributed by atoms with Crippen LogP contribution in [0.15, 0.2) is 41.8 Å². The summed E-state index contributed by atoms with van der Waals surface area (Å²) in [5.74, 6) is -0.177. The van der Waals surface area contributed by atoms with Crippen LogP contribution in [-0.2, 0) is 24.0 Å². The minimum absolute atomic E-state index is 0.0992. The lowest BCUT2D eigenvalue weighted by atomic mass is 10.1. The Morgan fingerprint density at radius 2 is 1.88 bits per heavy atom. The number of aromatic nitrogens is 4. The van der Waals surface area contributed by atoms with Crippen molar-refractivity contribution in [3.8, 4) is 5.75 Å². The first-order valence-corrected chi connectivity index (χ1v) is 12.0. The third-order valence-electron chi connectivity index (χ3n) is 4.73. The first-order valence-electron chi connectivity index (χ1n) is 9.12. The van der Waals surface area contributed by atoms with Gasteiger partial charge >= 0.3 is 18.0 Å². The molecule has 33 heavy (non-hydrogen) atoms. The van der Waals surface area contributed by atoms with Gasteiger partial charge < -0.3 is 25.2 Å². The van der Waals surface area contributed by atoms with E-state index >= 15 is 0 Å². The van der Waals surface area contributed by atoms with Crippen LogP contribution in [0.25, 0.3) is 11.2 Å². The first kappa shape index (κ1) is 23.4. The number of hydrogen-bond donors (Lipinski definition) is 4. The highest BCUT2D eigenvalue weighted by molar-refractivity contribution is 7.86. The Labute approximate surface area is 185 Å². The van der Waals surface area contributed by atoms with Crippen molar-refractivity contribution in [3.05, 3.63) is 36.9 Å². The number of aliphatic hydroxyl groups is 2. The van der Waals surface area contributed by atoms with E-state index in [1.165, 1.54) is 17.2 Å². The molecule has 1 saturated heterocycles. The lowest BCUT2D eigenvalue weighted by Gasteiger charge is -2.18. The minimum Gasteiger partial charge on any atom is -0.404 e. The fourth-order valence-electron chi connectivity index (χ4n) is 3.14. The summed E-state index contributed by atoms with van der Waals surface area (Å²) in [5.41, 5.74) is 6.21. The summed E-state index contributed by atoms with van der Waals surface area (Å²) in [6, 6.07) is 3.58. The van der Waals surface area contributed by atoms with Crippen LogP contribution in [0.2, 0.25) is 0 Å². The molecule has 0 spiro atoms. The first-order chi connectivity index (χ1) is 15.5. The molecular formula is C16H17FN5O9PS. The van der Waals surface area contributed by atoms with Gasteiger partial charge in [-0.2, -0.15) is 8.42 Å². The van der Waals surface area contributed by atoms with Crippen molar-refractivity contribution in [1.82, 2.24) is 19.5 Å². The summed E-state index contributed by atoms with van der Waals surface area (Å²) in [6.07, 6.45) is -2.93. The molecule has 5 N–H and O–H groups in total. The third-order valence-corrected chi connectivity index (χ3v) is 6.48. The quantitative estimate of drug-likeness (QED) is 0.244. The molecule has 0 bridgehead atoms. The van der Waals surface area contributed by atoms with Crippen LogP contribution < -0.4 is 10.3 Å². The third kappa shape index (κ3) is 4.81. The van der Waals surface area contributed by atoms with Crippen molar-refractivity contribution >= 4 is 35.0 Å². The van der Waals surface area contributed by atoms with Crippen LogP contribution in [0, 0.1) is 0 Å². The largest absolute Gasteiger partial charge is 0.527 e. The molecule has 14 nitrogen and oxygen atoms in total. The number of fused-ring (bicyclic) bond motifs is 1. The van der Waals surface area contributed by atoms with Crippen molar-refractivity contribution < 1.29 is 45.8 Å². The molecule has 1 aliphatic rings. The number of imidazole rings is 1. The molecule has 17 heteroatoms. The van der Waals surface area contributed by atoms with Crippen LogP contribution in [0.5, 0.6) is 5.75 Å². The smallest absolute Gasteiger partial charge is 0.404 e. The Balaban J connectivity index is 1.42. The van der Waals surface area contributed by atoms with Gasteiger partial charge in [0.1, 0.15) is 35.9 Å². The fraction of sp³-hybridized carbons (Fsp3) is 0.312. The van der Waals surface area contributed by atoms with Crippen LogP contribution in [0.3, 0.4) is 0 Å². The van der Waals surface area contributed by atoms with Crippen molar-refractivity contribution in [2.45, 2.75) is 29.4 Å². The van der Waals surface area contributed by atoms with Gasteiger partial charge in [0, 0.05) is 0 Å². The van der Waals surface area contributed by atoms with Crippen molar-refractivity contribution in [2.24, 2.45) is 0 Å². The molecule has 3 aromatic rings. The molecule has 5 atom stereocenters. The Bertz CT molecular complexity index is 1320. The summed E-state index contributed by atoms with van der Waals surface area (Å²) in [7, 11) is -9.71. The second-order valence-corrected chi connectivity index (χ2v) is 9.62. The van der Waals surface area contributed by atoms with Gasteiger partial charge in [0.05, 0.1) is 17.8 Å². The highest BCUT2D eigenvalue weighted by Gasteiger charge is 2.45. The molecular weight excluding hydrogens is 488 g/mol. The number of nitrogens with zero attached hydrogens (tertiary/aromatic N) is 4. The number of aliphatic hydroxyl groups excluding tert-OH is 2. The number of anilines is 1. The average molecular weight is 505 g/mol. The molecule has 0 saturated carbocycles. The molecule has 3 heterocycles. The van der Waals surface area contributed by atoms with E-state index in [4.69, 9.17) is 19.5 Å². The normalized spacial score (nSPS) is 25.2. The number of rotatable bonds is 7. The number of nitrogens with two attached hydrogens (primary N) is 1. The van der Waals surface area contributed by atoms with Gasteiger partial charge in [0.2, 0.25) is 0 Å². The highest BCUT2D eigenvalue weighted by Crippen LogP contribution is 2.45. The molecule has 1 aliphatic heterocycles. The van der Waals surface area contributed by atoms with Crippen molar-refractivity contribution in [3.63, 3.8) is 0 Å². The van der Waals surface area contributed by atoms with Gasteiger partial charge in [-0.15, -0.1) is 3.89 Å². The second-order valence-electron chi connectivity index (χ2n) is 6.89. The number of ether oxygens (including phenoxy) is 1. The van der Waals surface area contributed by atoms with E-state index in [0.29, 0.717) is 0 Å². The molecule has 0 aliphatic carbocycles. The maximum atomic E-state index is 12.9. The summed E-state index contributed by atoms with van der Waals surface area (Å²) in [4.78, 5) is 21.1. The monoisotopic (exact) mass is 505 g/mol. The van der Waals surface area contributed by atoms with Crippen molar-refractivity contribution in [2.75, 3.05) is 12.3 Å². The van der Waals surface area contributed by atoms with Gasteiger partial charge in [-0.3, -0.25) is 14.0 Å². The predicted octanol–water partition coefficient (Wildman–Crippen LogP) is -0.118. The second kappa shape index (κ2) is 8.57. The van der Waals surface area contributed by atoms with Crippen LogP contribution in [0.1, 0.15) is 6.23 Å². The van der Waals surface area contributed by atoms with Gasteiger partial charge in [-0.05, 0) is 24.3 Å². The van der Waals surface area contributed by atoms with Gasteiger partial charge in [0.15, 0.2) is 17.7 Å². The molecule has 1 aromatic carbocycles. The maximum absolute atomic E-state index is 12.9. The lowest BCUT2D eigenvalue weighted by Crippen LogP contribution is -2.33. The summed E-state index contributed by atoms with van der Waals surface area (Å²) < 4.78 is 63.3. The molecule has 0 radical (unpaired) electrons. The Hall–Kier alpha value is -2.72. The molecule has 2 aromatic heterocycles. The average Bonchev–Trinajstić information content (AvgIpc) is 3.29. The van der Waals surface area contributed by atoms with E-state index in [1.54, 1.807) is 0 Å². The molecule has 4 rings (SSSR count). The summed E-state index contributed by atoms with van der Waals surface area (Å²) >= 11 is 0. The fourth-order valence-corrected chi connectivity index (χ4v) is 4.38. The topological polar surface area (TPSA) is 209 Å². The lowest BCUT2D eigenvalue weighted by molar-refractivity contribution is -0.0501. The number of halogens is 1. The van der Waals surface area contributed by atoms with E-state index in [-0.39, 0.29) is 22.7 Å². The zero-order chi connectivity index (χ0) is 24.0.